The van der Waals surface area contributed by atoms with Crippen LogP contribution in [-0.4, -0.2) is 56.2 Å². The largest absolute Gasteiger partial charge is 0.480 e. The van der Waals surface area contributed by atoms with E-state index in [0.717, 1.165) is 60.6 Å². The van der Waals surface area contributed by atoms with E-state index in [1.165, 1.54) is 0 Å². The van der Waals surface area contributed by atoms with Crippen LogP contribution in [0.5, 0.6) is 0 Å². The van der Waals surface area contributed by atoms with Gasteiger partial charge in [0.15, 0.2) is 0 Å². The number of aliphatic hydroxyl groups is 1. The topological polar surface area (TPSA) is 119 Å². The Balaban J connectivity index is 0.00000324. The normalized spacial score (nSPS) is 15.3. The fraction of sp³-hybridized carbons (Fsp3) is 0.458. The van der Waals surface area contributed by atoms with E-state index in [9.17, 15) is 14.7 Å². The van der Waals surface area contributed by atoms with Gasteiger partial charge >= 0.3 is 5.97 Å². The number of ether oxygens (including phenoxy) is 1. The van der Waals surface area contributed by atoms with Crippen molar-refractivity contribution in [3.8, 4) is 11.4 Å². The highest BCUT2D eigenvalue weighted by Crippen LogP contribution is 2.29. The first-order chi connectivity index (χ1) is 15.9. The molecule has 1 aliphatic heterocycles. The maximum Gasteiger partial charge on any atom is 0.323 e. The molecular formula is C24H31ClN4O5. The first kappa shape index (κ1) is 25.9. The summed E-state index contributed by atoms with van der Waals surface area (Å²) >= 11 is 0. The van der Waals surface area contributed by atoms with Crippen LogP contribution in [0.2, 0.25) is 0 Å². The number of carboxylic acid groups (broad SMARTS) is 1. The van der Waals surface area contributed by atoms with Crippen LogP contribution in [-0.2, 0) is 29.7 Å². The third-order valence-electron chi connectivity index (χ3n) is 6.25. The molecule has 10 heteroatoms. The Morgan fingerprint density at radius 2 is 2.03 bits per heavy atom. The van der Waals surface area contributed by atoms with Gasteiger partial charge in [0, 0.05) is 50.7 Å². The standard InChI is InChI=1S/C24H30N4O5.ClH/c1-15-9-18(13-27(2)23(15)30)22-26-19-10-17(11-25-20(14-29)24(31)32)3-4-21(19)28(22)12-16-5-7-33-8-6-16;/h3-4,9-10,13,16,20,25,29H,5-8,11-12,14H2,1-2H3,(H,31,32);1H. The lowest BCUT2D eigenvalue weighted by Gasteiger charge is -2.23. The van der Waals surface area contributed by atoms with Crippen molar-refractivity contribution in [2.45, 2.75) is 38.9 Å². The minimum atomic E-state index is -1.09. The molecule has 1 fully saturated rings. The van der Waals surface area contributed by atoms with Crippen molar-refractivity contribution in [3.63, 3.8) is 0 Å². The summed E-state index contributed by atoms with van der Waals surface area (Å²) < 4.78 is 9.32. The molecule has 9 nitrogen and oxygen atoms in total. The average molecular weight is 491 g/mol. The number of nitrogens with zero attached hydrogens (tertiary/aromatic N) is 3. The zero-order valence-corrected chi connectivity index (χ0v) is 20.2. The second kappa shape index (κ2) is 11.1. The first-order valence-electron chi connectivity index (χ1n) is 11.2. The molecule has 4 rings (SSSR count). The Morgan fingerprint density at radius 1 is 1.29 bits per heavy atom. The lowest BCUT2D eigenvalue weighted by atomic mass is 10.00. The fourth-order valence-electron chi connectivity index (χ4n) is 4.35. The van der Waals surface area contributed by atoms with E-state index < -0.39 is 18.6 Å². The molecule has 1 atom stereocenters. The minimum absolute atomic E-state index is 0. The molecule has 184 valence electrons. The van der Waals surface area contributed by atoms with E-state index >= 15 is 0 Å². The van der Waals surface area contributed by atoms with Crippen molar-refractivity contribution in [1.29, 1.82) is 0 Å². The van der Waals surface area contributed by atoms with E-state index in [1.807, 2.05) is 30.5 Å². The van der Waals surface area contributed by atoms with E-state index in [4.69, 9.17) is 14.8 Å². The molecule has 1 aromatic carbocycles. The average Bonchev–Trinajstić information content (AvgIpc) is 3.15. The van der Waals surface area contributed by atoms with Crippen LogP contribution in [0.1, 0.15) is 24.0 Å². The second-order valence-corrected chi connectivity index (χ2v) is 8.71. The number of carboxylic acids is 1. The number of imidazole rings is 1. The van der Waals surface area contributed by atoms with Crippen molar-refractivity contribution < 1.29 is 19.7 Å². The Hall–Kier alpha value is -2.72. The summed E-state index contributed by atoms with van der Waals surface area (Å²) in [6, 6.07) is 6.76. The van der Waals surface area contributed by atoms with Gasteiger partial charge in [0.25, 0.3) is 5.56 Å². The summed E-state index contributed by atoms with van der Waals surface area (Å²) in [6.45, 7) is 3.96. The van der Waals surface area contributed by atoms with Crippen molar-refractivity contribution in [2.24, 2.45) is 13.0 Å². The van der Waals surface area contributed by atoms with E-state index in [0.29, 0.717) is 18.0 Å². The third kappa shape index (κ3) is 5.50. The maximum atomic E-state index is 12.2. The van der Waals surface area contributed by atoms with Crippen molar-refractivity contribution in [1.82, 2.24) is 19.4 Å². The SMILES string of the molecule is Cc1cc(-c2nc3cc(CNC(CO)C(=O)O)ccc3n2CC2CCOCC2)cn(C)c1=O.Cl. The number of nitrogens with one attached hydrogen (secondary N) is 1. The van der Waals surface area contributed by atoms with E-state index in [2.05, 4.69) is 9.88 Å². The highest BCUT2D eigenvalue weighted by atomic mass is 35.5. The Bertz CT molecular complexity index is 1190. The fourth-order valence-corrected chi connectivity index (χ4v) is 4.35. The predicted octanol–water partition coefficient (Wildman–Crippen LogP) is 2.09. The minimum Gasteiger partial charge on any atom is -0.480 e. The van der Waals surface area contributed by atoms with E-state index in [-0.39, 0.29) is 18.0 Å². The number of pyridine rings is 1. The maximum absolute atomic E-state index is 12.2. The molecule has 1 saturated heterocycles. The molecule has 3 N–H and O–H groups in total. The lowest BCUT2D eigenvalue weighted by molar-refractivity contribution is -0.140. The van der Waals surface area contributed by atoms with Gasteiger partial charge in [-0.05, 0) is 49.4 Å². The van der Waals surface area contributed by atoms with Gasteiger partial charge in [0.1, 0.15) is 11.9 Å². The highest BCUT2D eigenvalue weighted by molar-refractivity contribution is 5.85. The lowest BCUT2D eigenvalue weighted by Crippen LogP contribution is -2.39. The summed E-state index contributed by atoms with van der Waals surface area (Å²) in [4.78, 5) is 28.3. The molecular weight excluding hydrogens is 460 g/mol. The quantitative estimate of drug-likeness (QED) is 0.442. The van der Waals surface area contributed by atoms with Gasteiger partial charge in [-0.25, -0.2) is 4.98 Å². The van der Waals surface area contributed by atoms with Gasteiger partial charge in [0.05, 0.1) is 17.6 Å². The van der Waals surface area contributed by atoms with Crippen LogP contribution in [0.25, 0.3) is 22.4 Å². The monoisotopic (exact) mass is 490 g/mol. The second-order valence-electron chi connectivity index (χ2n) is 8.71. The van der Waals surface area contributed by atoms with Crippen LogP contribution in [0.15, 0.2) is 35.3 Å². The van der Waals surface area contributed by atoms with Gasteiger partial charge in [-0.2, -0.15) is 0 Å². The number of rotatable bonds is 8. The molecule has 0 aliphatic carbocycles. The highest BCUT2D eigenvalue weighted by Gasteiger charge is 2.21. The van der Waals surface area contributed by atoms with Crippen LogP contribution in [0, 0.1) is 12.8 Å². The van der Waals surface area contributed by atoms with Gasteiger partial charge in [-0.3, -0.25) is 14.9 Å². The summed E-state index contributed by atoms with van der Waals surface area (Å²) in [6.07, 6.45) is 3.80. The molecule has 0 radical (unpaired) electrons. The molecule has 3 heterocycles. The number of carbonyl (C=O) groups is 1. The number of fused-ring (bicyclic) bond motifs is 1. The number of aryl methyl sites for hydroxylation is 2. The molecule has 0 bridgehead atoms. The van der Waals surface area contributed by atoms with Crippen LogP contribution in [0.4, 0.5) is 0 Å². The molecule has 0 saturated carbocycles. The van der Waals surface area contributed by atoms with Crippen LogP contribution in [0.3, 0.4) is 0 Å². The molecule has 2 aromatic heterocycles. The number of aliphatic carboxylic acids is 1. The van der Waals surface area contributed by atoms with Gasteiger partial charge in [-0.15, -0.1) is 12.4 Å². The summed E-state index contributed by atoms with van der Waals surface area (Å²) in [7, 11) is 1.74. The molecule has 3 aromatic rings. The number of benzene rings is 1. The molecule has 0 spiro atoms. The first-order valence-corrected chi connectivity index (χ1v) is 11.2. The number of aromatic nitrogens is 3. The molecule has 1 aliphatic rings. The molecule has 0 amide bonds. The number of aliphatic hydroxyl groups excluding tert-OH is 1. The Labute approximate surface area is 203 Å². The summed E-state index contributed by atoms with van der Waals surface area (Å²) in [5.74, 6) is 0.191. The smallest absolute Gasteiger partial charge is 0.323 e. The van der Waals surface area contributed by atoms with Crippen molar-refractivity contribution in [3.05, 3.63) is 51.9 Å². The van der Waals surface area contributed by atoms with Crippen molar-refractivity contribution >= 4 is 29.4 Å². The zero-order valence-electron chi connectivity index (χ0n) is 19.4. The predicted molar refractivity (Wildman–Crippen MR) is 131 cm³/mol. The van der Waals surface area contributed by atoms with Crippen LogP contribution >= 0.6 is 12.4 Å². The Morgan fingerprint density at radius 3 is 2.68 bits per heavy atom. The van der Waals surface area contributed by atoms with Gasteiger partial charge in [-0.1, -0.05) is 6.07 Å². The Kier molecular flexibility index (Phi) is 8.48. The number of hydrogen-bond acceptors (Lipinski definition) is 6. The van der Waals surface area contributed by atoms with Gasteiger partial charge in [0.2, 0.25) is 0 Å². The molecule has 34 heavy (non-hydrogen) atoms. The summed E-state index contributed by atoms with van der Waals surface area (Å²) in [5.41, 5.74) is 4.18. The zero-order chi connectivity index (χ0) is 23.5. The number of hydrogen-bond donors (Lipinski definition) is 3. The summed E-state index contributed by atoms with van der Waals surface area (Å²) in [5, 5.41) is 21.2. The molecule has 1 unspecified atom stereocenters. The van der Waals surface area contributed by atoms with Crippen LogP contribution < -0.4 is 10.9 Å². The third-order valence-corrected chi connectivity index (χ3v) is 6.25. The van der Waals surface area contributed by atoms with E-state index in [1.54, 1.807) is 18.5 Å². The number of halogens is 1. The van der Waals surface area contributed by atoms with Crippen molar-refractivity contribution in [2.75, 3.05) is 19.8 Å². The van der Waals surface area contributed by atoms with Gasteiger partial charge < -0.3 is 24.1 Å².